The maximum Gasteiger partial charge on any atom is 0.384 e. The molecule has 5 nitrogen and oxygen atoms in total. The van der Waals surface area contributed by atoms with Crippen LogP contribution in [0.4, 0.5) is 0 Å². The van der Waals surface area contributed by atoms with Crippen LogP contribution in [0.1, 0.15) is 26.7 Å². The van der Waals surface area contributed by atoms with Gasteiger partial charge in [0.25, 0.3) is 0 Å². The van der Waals surface area contributed by atoms with E-state index in [4.69, 9.17) is 9.52 Å². The van der Waals surface area contributed by atoms with Gasteiger partial charge in [-0.1, -0.05) is 13.8 Å². The van der Waals surface area contributed by atoms with Gasteiger partial charge in [0.2, 0.25) is 0 Å². The van der Waals surface area contributed by atoms with Gasteiger partial charge in [0.1, 0.15) is 0 Å². The van der Waals surface area contributed by atoms with E-state index in [2.05, 4.69) is 25.8 Å². The maximum absolute atomic E-state index is 10.7. The van der Waals surface area contributed by atoms with Crippen molar-refractivity contribution < 1.29 is 14.1 Å². The minimum atomic E-state index is -2.55. The molecule has 1 aliphatic heterocycles. The smallest absolute Gasteiger partial charge is 0.303 e. The maximum atomic E-state index is 10.7. The molecule has 1 atom stereocenters. The number of rotatable bonds is 4. The van der Waals surface area contributed by atoms with Crippen LogP contribution in [0.25, 0.3) is 0 Å². The normalized spacial score (nSPS) is 24.1. The van der Waals surface area contributed by atoms with Crippen LogP contribution in [0.15, 0.2) is 0 Å². The van der Waals surface area contributed by atoms with Crippen molar-refractivity contribution in [2.45, 2.75) is 32.2 Å². The molecule has 1 radical (unpaired) electrons. The first kappa shape index (κ1) is 13.0. The molecule has 0 amide bonds. The van der Waals surface area contributed by atoms with Crippen molar-refractivity contribution in [2.24, 2.45) is 0 Å². The van der Waals surface area contributed by atoms with Crippen molar-refractivity contribution in [1.29, 1.82) is 0 Å². The number of hydrogen-bond donors (Lipinski definition) is 1. The van der Waals surface area contributed by atoms with Crippen LogP contribution >= 0.6 is 8.25 Å². The Bertz CT molecular complexity index is 233. The van der Waals surface area contributed by atoms with Gasteiger partial charge in [0.05, 0.1) is 5.54 Å². The predicted molar refractivity (Wildman–Crippen MR) is 58.4 cm³/mol. The fourth-order valence-electron chi connectivity index (χ4n) is 2.20. The van der Waals surface area contributed by atoms with Gasteiger partial charge in [-0.3, -0.25) is 4.89 Å². The molecule has 0 aromatic heterocycles. The van der Waals surface area contributed by atoms with Crippen LogP contribution in [0.5, 0.6) is 0 Å². The summed E-state index contributed by atoms with van der Waals surface area (Å²) < 4.78 is 15.7. The Labute approximate surface area is 91.9 Å². The van der Waals surface area contributed by atoms with E-state index in [0.717, 1.165) is 25.9 Å². The fraction of sp³-hybridized carbons (Fsp3) is 1.00. The number of hydrogen-bond acceptors (Lipinski definition) is 4. The van der Waals surface area contributed by atoms with Crippen molar-refractivity contribution in [3.8, 4) is 0 Å². The van der Waals surface area contributed by atoms with Crippen molar-refractivity contribution in [1.82, 2.24) is 9.96 Å². The molecule has 0 aromatic carbocycles. The summed E-state index contributed by atoms with van der Waals surface area (Å²) in [7, 11) is -0.484. The van der Waals surface area contributed by atoms with Crippen molar-refractivity contribution >= 4 is 8.25 Å². The average Bonchev–Trinajstić information content (AvgIpc) is 2.20. The van der Waals surface area contributed by atoms with E-state index in [1.54, 1.807) is 5.06 Å². The van der Waals surface area contributed by atoms with Crippen LogP contribution in [-0.4, -0.2) is 47.1 Å². The summed E-state index contributed by atoms with van der Waals surface area (Å²) in [6.45, 7) is 6.60. The highest BCUT2D eigenvalue weighted by atomic mass is 31.1. The van der Waals surface area contributed by atoms with Crippen molar-refractivity contribution in [3.63, 3.8) is 0 Å². The van der Waals surface area contributed by atoms with Gasteiger partial charge in [-0.15, -0.1) is 0 Å². The van der Waals surface area contributed by atoms with Crippen LogP contribution in [0.3, 0.4) is 0 Å². The lowest BCUT2D eigenvalue weighted by Crippen LogP contribution is -2.60. The van der Waals surface area contributed by atoms with Crippen molar-refractivity contribution in [2.75, 3.05) is 26.7 Å². The predicted octanol–water partition coefficient (Wildman–Crippen LogP) is 1.37. The van der Waals surface area contributed by atoms with Crippen LogP contribution in [-0.2, 0) is 9.19 Å². The highest BCUT2D eigenvalue weighted by Gasteiger charge is 2.39. The zero-order valence-electron chi connectivity index (χ0n) is 9.64. The van der Waals surface area contributed by atoms with E-state index in [9.17, 15) is 4.57 Å². The third-order valence-electron chi connectivity index (χ3n) is 3.26. The SMILES string of the molecule is CCC1(CC)CN(C)CCN1O[P](=O)O. The zero-order chi connectivity index (χ0) is 11.5. The van der Waals surface area contributed by atoms with Gasteiger partial charge in [0.15, 0.2) is 0 Å². The molecule has 1 saturated heterocycles. The zero-order valence-corrected chi connectivity index (χ0v) is 10.5. The largest absolute Gasteiger partial charge is 0.384 e. The molecule has 1 rings (SSSR count). The number of nitrogens with zero attached hydrogens (tertiary/aromatic N) is 2. The lowest BCUT2D eigenvalue weighted by molar-refractivity contribution is -0.179. The third-order valence-corrected chi connectivity index (χ3v) is 3.60. The molecule has 1 aliphatic rings. The summed E-state index contributed by atoms with van der Waals surface area (Å²) in [5.74, 6) is 0. The highest BCUT2D eigenvalue weighted by Crippen LogP contribution is 2.32. The first-order chi connectivity index (χ1) is 7.04. The fourth-order valence-corrected chi connectivity index (χ4v) is 2.62. The van der Waals surface area contributed by atoms with Crippen LogP contribution in [0.2, 0.25) is 0 Å². The van der Waals surface area contributed by atoms with Gasteiger partial charge in [-0.05, 0) is 19.9 Å². The number of likely N-dealkylation sites (N-methyl/N-ethyl adjacent to an activating group) is 1. The first-order valence-electron chi connectivity index (χ1n) is 5.34. The van der Waals surface area contributed by atoms with Crippen LogP contribution < -0.4 is 0 Å². The lowest BCUT2D eigenvalue weighted by Gasteiger charge is -2.47. The Kier molecular flexibility index (Phi) is 4.62. The van der Waals surface area contributed by atoms with Gasteiger partial charge < -0.3 is 4.90 Å². The summed E-state index contributed by atoms with van der Waals surface area (Å²) in [5.41, 5.74) is -0.124. The van der Waals surface area contributed by atoms with E-state index in [0.29, 0.717) is 6.54 Å². The van der Waals surface area contributed by atoms with Gasteiger partial charge in [-0.25, -0.2) is 4.57 Å². The average molecular weight is 235 g/mol. The summed E-state index contributed by atoms with van der Waals surface area (Å²) in [6, 6.07) is 0. The number of piperazine rings is 1. The Hall–Kier alpha value is -0.0600. The second kappa shape index (κ2) is 5.32. The molecule has 0 aromatic rings. The Morgan fingerprint density at radius 2 is 2.00 bits per heavy atom. The lowest BCUT2D eigenvalue weighted by atomic mass is 9.90. The molecular formula is C9H20N2O3P. The molecule has 0 saturated carbocycles. The second-order valence-corrected chi connectivity index (χ2v) is 4.73. The topological polar surface area (TPSA) is 53.0 Å². The Balaban J connectivity index is 2.77. The molecule has 0 bridgehead atoms. The Morgan fingerprint density at radius 3 is 2.47 bits per heavy atom. The molecule has 1 N–H and O–H groups in total. The van der Waals surface area contributed by atoms with Gasteiger partial charge in [0, 0.05) is 19.6 Å². The first-order valence-corrected chi connectivity index (χ1v) is 6.47. The summed E-state index contributed by atoms with van der Waals surface area (Å²) in [5, 5.41) is 1.70. The van der Waals surface area contributed by atoms with E-state index in [-0.39, 0.29) is 5.54 Å². The van der Waals surface area contributed by atoms with Gasteiger partial charge >= 0.3 is 8.25 Å². The molecule has 1 heterocycles. The quantitative estimate of drug-likeness (QED) is 0.746. The molecule has 6 heteroatoms. The number of hydroxylamine groups is 2. The minimum Gasteiger partial charge on any atom is -0.303 e. The van der Waals surface area contributed by atoms with Crippen molar-refractivity contribution in [3.05, 3.63) is 0 Å². The summed E-state index contributed by atoms with van der Waals surface area (Å²) in [4.78, 5) is 11.1. The van der Waals surface area contributed by atoms with Crippen LogP contribution in [0, 0.1) is 0 Å². The minimum absolute atomic E-state index is 0.124. The summed E-state index contributed by atoms with van der Waals surface area (Å²) >= 11 is 0. The standard InChI is InChI=1S/C9H20N2O3P/c1-4-9(5-2)8-10(3)6-7-11(9)14-15(12)13/h4-8H2,1-3H3,(H,12,13). The van der Waals surface area contributed by atoms with E-state index in [1.165, 1.54) is 0 Å². The molecule has 15 heavy (non-hydrogen) atoms. The van der Waals surface area contributed by atoms with E-state index in [1.807, 2.05) is 0 Å². The van der Waals surface area contributed by atoms with E-state index < -0.39 is 8.25 Å². The van der Waals surface area contributed by atoms with Gasteiger partial charge in [-0.2, -0.15) is 9.69 Å². The second-order valence-electron chi connectivity index (χ2n) is 4.09. The van der Waals surface area contributed by atoms with E-state index >= 15 is 0 Å². The third kappa shape index (κ3) is 2.95. The molecular weight excluding hydrogens is 215 g/mol. The highest BCUT2D eigenvalue weighted by molar-refractivity contribution is 7.32. The molecule has 0 aliphatic carbocycles. The summed E-state index contributed by atoms with van der Waals surface area (Å²) in [6.07, 6.45) is 1.83. The molecule has 0 spiro atoms. The molecule has 1 unspecified atom stereocenters. The Morgan fingerprint density at radius 1 is 1.40 bits per heavy atom. The molecule has 1 fully saturated rings. The molecule has 89 valence electrons. The monoisotopic (exact) mass is 235 g/mol.